The topological polar surface area (TPSA) is 83.6 Å². The standard InChI is InChI=1S/C32H33ClO7/c1-19-25-13-7-20(6-5-15-32(2)29(40-32)28(25)39-30(19)34)18-38-31(35)26(21-8-10-23(33)11-9-21)17-22-16-24(36-3)12-14-27(22)37-4/h6,8-12,14,16-17,25,28-29H,1,5,7,13,15,18H2,2-4H3/b20-6+,26-17+/t25-,28-,29-,32+/m0/s1. The van der Waals surface area contributed by atoms with Crippen LogP contribution in [0.4, 0.5) is 0 Å². The van der Waals surface area contributed by atoms with Crippen LogP contribution in [-0.2, 0) is 23.8 Å². The number of methoxy groups -OCH3 is 2. The molecule has 3 aliphatic rings. The van der Waals surface area contributed by atoms with Crippen LogP contribution in [0.2, 0.25) is 5.02 Å². The van der Waals surface area contributed by atoms with Crippen molar-refractivity contribution in [2.24, 2.45) is 5.92 Å². The van der Waals surface area contributed by atoms with E-state index in [0.29, 0.717) is 51.6 Å². The molecule has 2 aromatic rings. The lowest BCUT2D eigenvalue weighted by molar-refractivity contribution is -0.140. The van der Waals surface area contributed by atoms with E-state index in [4.69, 9.17) is 35.3 Å². The van der Waals surface area contributed by atoms with E-state index in [1.165, 1.54) is 0 Å². The molecule has 2 saturated heterocycles. The summed E-state index contributed by atoms with van der Waals surface area (Å²) in [6.45, 7) is 6.15. The van der Waals surface area contributed by atoms with Crippen LogP contribution in [0, 0.1) is 5.92 Å². The Kier molecular flexibility index (Phi) is 8.06. The fraction of sp³-hybridized carbons (Fsp3) is 0.375. The molecule has 4 atom stereocenters. The van der Waals surface area contributed by atoms with Gasteiger partial charge in [-0.3, -0.25) is 0 Å². The lowest BCUT2D eigenvalue weighted by Gasteiger charge is -2.20. The Hall–Kier alpha value is -3.55. The number of halogens is 1. The summed E-state index contributed by atoms with van der Waals surface area (Å²) in [5.74, 6) is 0.264. The Balaban J connectivity index is 1.38. The Labute approximate surface area is 239 Å². The predicted molar refractivity (Wildman–Crippen MR) is 152 cm³/mol. The van der Waals surface area contributed by atoms with Crippen molar-refractivity contribution in [3.05, 3.63) is 82.4 Å². The first-order valence-corrected chi connectivity index (χ1v) is 13.7. The largest absolute Gasteiger partial charge is 0.497 e. The van der Waals surface area contributed by atoms with E-state index in [1.807, 2.05) is 0 Å². The Bertz CT molecular complexity index is 1380. The van der Waals surface area contributed by atoms with Crippen molar-refractivity contribution in [3.8, 4) is 11.5 Å². The van der Waals surface area contributed by atoms with Crippen molar-refractivity contribution < 1.29 is 33.3 Å². The van der Waals surface area contributed by atoms with E-state index in [1.54, 1.807) is 62.8 Å². The summed E-state index contributed by atoms with van der Waals surface area (Å²) in [4.78, 5) is 25.8. The van der Waals surface area contributed by atoms with Crippen LogP contribution in [0.25, 0.3) is 11.6 Å². The third-order valence-corrected chi connectivity index (χ3v) is 8.19. The number of rotatable bonds is 7. The quantitative estimate of drug-likeness (QED) is 0.130. The van der Waals surface area contributed by atoms with E-state index in [-0.39, 0.29) is 36.3 Å². The number of carbonyl (C=O) groups is 2. The molecule has 40 heavy (non-hydrogen) atoms. The van der Waals surface area contributed by atoms with Gasteiger partial charge >= 0.3 is 11.9 Å². The number of allylic oxidation sites excluding steroid dienone is 1. The van der Waals surface area contributed by atoms with Gasteiger partial charge < -0.3 is 23.7 Å². The van der Waals surface area contributed by atoms with Crippen LogP contribution in [0.5, 0.6) is 11.5 Å². The van der Waals surface area contributed by atoms with E-state index in [9.17, 15) is 9.59 Å². The summed E-state index contributed by atoms with van der Waals surface area (Å²) in [6.07, 6.45) is 6.30. The van der Waals surface area contributed by atoms with Crippen molar-refractivity contribution in [2.75, 3.05) is 20.8 Å². The summed E-state index contributed by atoms with van der Waals surface area (Å²) in [5, 5.41) is 0.562. The third kappa shape index (κ3) is 5.81. The molecule has 0 amide bonds. The maximum absolute atomic E-state index is 13.6. The van der Waals surface area contributed by atoms with E-state index in [0.717, 1.165) is 18.4 Å². The van der Waals surface area contributed by atoms with Crippen LogP contribution < -0.4 is 9.47 Å². The molecule has 0 N–H and O–H groups in total. The molecule has 7 nitrogen and oxygen atoms in total. The lowest BCUT2D eigenvalue weighted by atomic mass is 9.84. The maximum atomic E-state index is 13.6. The third-order valence-electron chi connectivity index (χ3n) is 7.94. The van der Waals surface area contributed by atoms with Gasteiger partial charge in [-0.1, -0.05) is 36.4 Å². The zero-order chi connectivity index (χ0) is 28.4. The van der Waals surface area contributed by atoms with Gasteiger partial charge in [0.25, 0.3) is 0 Å². The summed E-state index contributed by atoms with van der Waals surface area (Å²) in [7, 11) is 3.15. The van der Waals surface area contributed by atoms with Crippen LogP contribution >= 0.6 is 11.6 Å². The normalized spacial score (nSPS) is 27.4. The van der Waals surface area contributed by atoms with Crippen molar-refractivity contribution in [1.29, 1.82) is 0 Å². The number of fused-ring (bicyclic) bond motifs is 3. The molecular formula is C32H33ClO7. The highest BCUT2D eigenvalue weighted by atomic mass is 35.5. The number of hydrogen-bond donors (Lipinski definition) is 0. The van der Waals surface area contributed by atoms with Gasteiger partial charge in [-0.2, -0.15) is 0 Å². The van der Waals surface area contributed by atoms with E-state index in [2.05, 4.69) is 19.6 Å². The van der Waals surface area contributed by atoms with Crippen molar-refractivity contribution in [1.82, 2.24) is 0 Å². The smallest absolute Gasteiger partial charge is 0.339 e. The molecule has 0 unspecified atom stereocenters. The van der Waals surface area contributed by atoms with Crippen LogP contribution in [0.15, 0.2) is 66.3 Å². The number of benzene rings is 2. The minimum Gasteiger partial charge on any atom is -0.497 e. The first-order valence-electron chi connectivity index (χ1n) is 13.3. The molecule has 2 fully saturated rings. The van der Waals surface area contributed by atoms with Gasteiger partial charge in [-0.05, 0) is 80.2 Å². The van der Waals surface area contributed by atoms with Gasteiger partial charge in [-0.15, -0.1) is 0 Å². The average Bonchev–Trinajstić information content (AvgIpc) is 3.55. The Morgan fingerprint density at radius 3 is 2.67 bits per heavy atom. The zero-order valence-electron chi connectivity index (χ0n) is 22.9. The lowest BCUT2D eigenvalue weighted by Crippen LogP contribution is -2.29. The van der Waals surface area contributed by atoms with Crippen LogP contribution in [0.1, 0.15) is 43.7 Å². The molecule has 210 valence electrons. The minimum absolute atomic E-state index is 0.103. The number of epoxide rings is 1. The highest BCUT2D eigenvalue weighted by molar-refractivity contribution is 6.30. The highest BCUT2D eigenvalue weighted by Crippen LogP contribution is 2.49. The van der Waals surface area contributed by atoms with Gasteiger partial charge in [0, 0.05) is 22.1 Å². The first kappa shape index (κ1) is 28.0. The molecule has 1 aliphatic carbocycles. The van der Waals surface area contributed by atoms with Gasteiger partial charge in [0.05, 0.1) is 25.4 Å². The maximum Gasteiger partial charge on any atom is 0.339 e. The molecular weight excluding hydrogens is 532 g/mol. The van der Waals surface area contributed by atoms with Gasteiger partial charge in [0.15, 0.2) is 0 Å². The Morgan fingerprint density at radius 2 is 1.95 bits per heavy atom. The summed E-state index contributed by atoms with van der Waals surface area (Å²) >= 11 is 6.12. The number of esters is 2. The summed E-state index contributed by atoms with van der Waals surface area (Å²) in [5.41, 5.74) is 2.82. The molecule has 0 spiro atoms. The van der Waals surface area contributed by atoms with Crippen molar-refractivity contribution in [2.45, 2.75) is 50.4 Å². The van der Waals surface area contributed by atoms with Gasteiger partial charge in [0.2, 0.25) is 0 Å². The Morgan fingerprint density at radius 1 is 1.18 bits per heavy atom. The van der Waals surface area contributed by atoms with E-state index >= 15 is 0 Å². The second-order valence-corrected chi connectivity index (χ2v) is 11.0. The monoisotopic (exact) mass is 564 g/mol. The average molecular weight is 565 g/mol. The molecule has 0 saturated carbocycles. The zero-order valence-corrected chi connectivity index (χ0v) is 23.7. The highest BCUT2D eigenvalue weighted by Gasteiger charge is 2.61. The number of ether oxygens (including phenoxy) is 5. The SMILES string of the molecule is C=C1C(=O)O[C@H]2[C@H]1CC/C(COC(=O)/C(=C/c1cc(OC)ccc1OC)c1ccc(Cl)cc1)=C\CC[C@@]1(C)O[C@@H]21. The van der Waals surface area contributed by atoms with Crippen LogP contribution in [-0.4, -0.2) is 50.6 Å². The van der Waals surface area contributed by atoms with Crippen molar-refractivity contribution in [3.63, 3.8) is 0 Å². The fourth-order valence-corrected chi connectivity index (χ4v) is 5.61. The molecule has 0 aromatic heterocycles. The van der Waals surface area contributed by atoms with E-state index < -0.39 is 5.97 Å². The number of hydrogen-bond acceptors (Lipinski definition) is 7. The van der Waals surface area contributed by atoms with Crippen LogP contribution in [0.3, 0.4) is 0 Å². The first-order chi connectivity index (χ1) is 19.2. The number of carbonyl (C=O) groups excluding carboxylic acids is 2. The molecule has 2 heterocycles. The predicted octanol–water partition coefficient (Wildman–Crippen LogP) is 6.20. The molecule has 8 heteroatoms. The fourth-order valence-electron chi connectivity index (χ4n) is 5.48. The minimum atomic E-state index is -0.482. The molecule has 2 aromatic carbocycles. The molecule has 0 radical (unpaired) electrons. The molecule has 0 bridgehead atoms. The molecule has 2 aliphatic heterocycles. The second-order valence-electron chi connectivity index (χ2n) is 10.5. The second kappa shape index (κ2) is 11.5. The summed E-state index contributed by atoms with van der Waals surface area (Å²) < 4.78 is 28.4. The molecule has 5 rings (SSSR count). The van der Waals surface area contributed by atoms with Crippen molar-refractivity contribution >= 4 is 35.2 Å². The van der Waals surface area contributed by atoms with Gasteiger partial charge in [0.1, 0.15) is 30.3 Å². The van der Waals surface area contributed by atoms with Gasteiger partial charge in [-0.25, -0.2) is 9.59 Å². The summed E-state index contributed by atoms with van der Waals surface area (Å²) in [6, 6.07) is 12.4.